The maximum atomic E-state index is 10.4. The molecule has 1 rings (SSSR count). The third-order valence-electron chi connectivity index (χ3n) is 1.45. The fraction of sp³-hybridized carbons (Fsp3) is 0.571. The van der Waals surface area contributed by atoms with Gasteiger partial charge in [-0.1, -0.05) is 13.8 Å². The minimum absolute atomic E-state index is 0.118. The summed E-state index contributed by atoms with van der Waals surface area (Å²) in [6.07, 6.45) is 1.37. The van der Waals surface area contributed by atoms with E-state index < -0.39 is 5.97 Å². The fourth-order valence-electron chi connectivity index (χ4n) is 0.970. The number of aromatic nitrogens is 3. The van der Waals surface area contributed by atoms with Crippen LogP contribution in [0.3, 0.4) is 0 Å². The van der Waals surface area contributed by atoms with Gasteiger partial charge < -0.3 is 5.11 Å². The van der Waals surface area contributed by atoms with E-state index in [-0.39, 0.29) is 12.5 Å². The Balaban J connectivity index is 2.84. The van der Waals surface area contributed by atoms with Gasteiger partial charge in [-0.05, 0) is 0 Å². The van der Waals surface area contributed by atoms with Crippen LogP contribution in [0.1, 0.15) is 25.6 Å². The maximum Gasteiger partial charge on any atom is 0.325 e. The van der Waals surface area contributed by atoms with Crippen molar-refractivity contribution in [3.05, 3.63) is 12.2 Å². The Labute approximate surface area is 70.0 Å². The van der Waals surface area contributed by atoms with E-state index in [1.54, 1.807) is 0 Å². The molecule has 1 N–H and O–H groups in total. The topological polar surface area (TPSA) is 68.0 Å². The second kappa shape index (κ2) is 3.34. The summed E-state index contributed by atoms with van der Waals surface area (Å²) in [5.74, 6) is 0.00616. The molecule has 0 aliphatic rings. The predicted octanol–water partition coefficient (Wildman–Crippen LogP) is 0.486. The average Bonchev–Trinajstić information content (AvgIpc) is 2.33. The summed E-state index contributed by atoms with van der Waals surface area (Å²) in [7, 11) is 0. The van der Waals surface area contributed by atoms with Crippen molar-refractivity contribution in [2.24, 2.45) is 0 Å². The lowest BCUT2D eigenvalue weighted by Crippen LogP contribution is -2.14. The van der Waals surface area contributed by atoms with E-state index in [2.05, 4.69) is 10.1 Å². The summed E-state index contributed by atoms with van der Waals surface area (Å²) in [4.78, 5) is 14.3. The fourth-order valence-corrected chi connectivity index (χ4v) is 0.970. The number of carboxylic acids is 1. The van der Waals surface area contributed by atoms with Crippen LogP contribution in [-0.2, 0) is 11.3 Å². The molecule has 0 atom stereocenters. The molecule has 0 saturated heterocycles. The number of rotatable bonds is 3. The Morgan fingerprint density at radius 3 is 2.92 bits per heavy atom. The predicted molar refractivity (Wildman–Crippen MR) is 41.7 cm³/mol. The van der Waals surface area contributed by atoms with Gasteiger partial charge in [-0.15, -0.1) is 0 Å². The van der Waals surface area contributed by atoms with Gasteiger partial charge >= 0.3 is 5.97 Å². The second-order valence-electron chi connectivity index (χ2n) is 2.82. The Bertz CT molecular complexity index is 280. The van der Waals surface area contributed by atoms with Gasteiger partial charge in [0.15, 0.2) is 0 Å². The Morgan fingerprint density at radius 2 is 2.42 bits per heavy atom. The van der Waals surface area contributed by atoms with E-state index in [1.165, 1.54) is 11.0 Å². The first-order valence-corrected chi connectivity index (χ1v) is 3.70. The summed E-state index contributed by atoms with van der Waals surface area (Å²) >= 11 is 0. The first-order chi connectivity index (χ1) is 5.61. The normalized spacial score (nSPS) is 10.6. The van der Waals surface area contributed by atoms with Gasteiger partial charge in [0.25, 0.3) is 0 Å². The van der Waals surface area contributed by atoms with Crippen molar-refractivity contribution in [2.75, 3.05) is 0 Å². The Morgan fingerprint density at radius 1 is 1.75 bits per heavy atom. The standard InChI is InChI=1S/C7H11N3O2/c1-5(2)7-8-4-9-10(7)3-6(11)12/h4-5H,3H2,1-2H3,(H,11,12). The third kappa shape index (κ3) is 1.81. The van der Waals surface area contributed by atoms with Gasteiger partial charge in [0.2, 0.25) is 0 Å². The molecule has 0 radical (unpaired) electrons. The van der Waals surface area contributed by atoms with E-state index >= 15 is 0 Å². The summed E-state index contributed by atoms with van der Waals surface area (Å²) in [6.45, 7) is 3.78. The van der Waals surface area contributed by atoms with Crippen molar-refractivity contribution in [3.63, 3.8) is 0 Å². The van der Waals surface area contributed by atoms with E-state index in [9.17, 15) is 4.79 Å². The van der Waals surface area contributed by atoms with E-state index in [1.807, 2.05) is 13.8 Å². The molecule has 1 heterocycles. The van der Waals surface area contributed by atoms with Gasteiger partial charge in [-0.3, -0.25) is 4.79 Å². The molecule has 5 nitrogen and oxygen atoms in total. The minimum atomic E-state index is -0.901. The largest absolute Gasteiger partial charge is 0.480 e. The van der Waals surface area contributed by atoms with Crippen LogP contribution in [0.15, 0.2) is 6.33 Å². The number of aliphatic carboxylic acids is 1. The van der Waals surface area contributed by atoms with Crippen LogP contribution in [0.4, 0.5) is 0 Å². The number of carbonyl (C=O) groups is 1. The molecule has 0 bridgehead atoms. The van der Waals surface area contributed by atoms with Crippen LogP contribution in [0.5, 0.6) is 0 Å². The maximum absolute atomic E-state index is 10.4. The number of hydrogen-bond donors (Lipinski definition) is 1. The van der Waals surface area contributed by atoms with Gasteiger partial charge in [-0.2, -0.15) is 5.10 Å². The molecule has 1 aromatic rings. The molecule has 0 aromatic carbocycles. The Kier molecular flexibility index (Phi) is 2.42. The summed E-state index contributed by atoms with van der Waals surface area (Å²) < 4.78 is 1.40. The lowest BCUT2D eigenvalue weighted by molar-refractivity contribution is -0.137. The summed E-state index contributed by atoms with van der Waals surface area (Å²) in [5.41, 5.74) is 0. The Hall–Kier alpha value is -1.39. The van der Waals surface area contributed by atoms with E-state index in [0.717, 1.165) is 0 Å². The first kappa shape index (κ1) is 8.70. The zero-order valence-electron chi connectivity index (χ0n) is 7.06. The van der Waals surface area contributed by atoms with Gasteiger partial charge in [-0.25, -0.2) is 9.67 Å². The van der Waals surface area contributed by atoms with Gasteiger partial charge in [0.05, 0.1) is 0 Å². The number of hydrogen-bond acceptors (Lipinski definition) is 3. The lowest BCUT2D eigenvalue weighted by Gasteiger charge is -2.04. The van der Waals surface area contributed by atoms with Crippen molar-refractivity contribution in [3.8, 4) is 0 Å². The highest BCUT2D eigenvalue weighted by Gasteiger charge is 2.10. The van der Waals surface area contributed by atoms with Crippen LogP contribution >= 0.6 is 0 Å². The lowest BCUT2D eigenvalue weighted by atomic mass is 10.2. The SMILES string of the molecule is CC(C)c1ncnn1CC(=O)O. The molecular weight excluding hydrogens is 158 g/mol. The van der Waals surface area contributed by atoms with Gasteiger partial charge in [0.1, 0.15) is 18.7 Å². The van der Waals surface area contributed by atoms with Crippen LogP contribution < -0.4 is 0 Å². The van der Waals surface area contributed by atoms with Crippen molar-refractivity contribution >= 4 is 5.97 Å². The summed E-state index contributed by atoms with van der Waals surface area (Å²) in [6, 6.07) is 0. The third-order valence-corrected chi connectivity index (χ3v) is 1.45. The zero-order chi connectivity index (χ0) is 9.14. The highest BCUT2D eigenvalue weighted by Crippen LogP contribution is 2.09. The molecule has 12 heavy (non-hydrogen) atoms. The van der Waals surface area contributed by atoms with Gasteiger partial charge in [0, 0.05) is 5.92 Å². The highest BCUT2D eigenvalue weighted by atomic mass is 16.4. The molecule has 0 aliphatic carbocycles. The summed E-state index contributed by atoms with van der Waals surface area (Å²) in [5, 5.41) is 12.3. The first-order valence-electron chi connectivity index (χ1n) is 3.70. The smallest absolute Gasteiger partial charge is 0.325 e. The molecule has 0 spiro atoms. The monoisotopic (exact) mass is 169 g/mol. The quantitative estimate of drug-likeness (QED) is 0.714. The van der Waals surface area contributed by atoms with Crippen LogP contribution in [0.25, 0.3) is 0 Å². The number of nitrogens with zero attached hydrogens (tertiary/aromatic N) is 3. The molecule has 66 valence electrons. The van der Waals surface area contributed by atoms with Crippen LogP contribution in [-0.4, -0.2) is 25.8 Å². The average molecular weight is 169 g/mol. The van der Waals surface area contributed by atoms with E-state index in [0.29, 0.717) is 5.82 Å². The molecule has 0 saturated carbocycles. The van der Waals surface area contributed by atoms with Crippen molar-refractivity contribution in [2.45, 2.75) is 26.3 Å². The van der Waals surface area contributed by atoms with Crippen molar-refractivity contribution in [1.29, 1.82) is 0 Å². The van der Waals surface area contributed by atoms with E-state index in [4.69, 9.17) is 5.11 Å². The molecule has 0 amide bonds. The molecule has 1 aromatic heterocycles. The van der Waals surface area contributed by atoms with Crippen molar-refractivity contribution in [1.82, 2.24) is 14.8 Å². The van der Waals surface area contributed by atoms with Crippen LogP contribution in [0, 0.1) is 0 Å². The zero-order valence-corrected chi connectivity index (χ0v) is 7.06. The van der Waals surface area contributed by atoms with Crippen molar-refractivity contribution < 1.29 is 9.90 Å². The minimum Gasteiger partial charge on any atom is -0.480 e. The molecule has 0 unspecified atom stereocenters. The molecule has 0 aliphatic heterocycles. The second-order valence-corrected chi connectivity index (χ2v) is 2.82. The molecular formula is C7H11N3O2. The molecule has 5 heteroatoms. The number of carboxylic acid groups (broad SMARTS) is 1. The molecule has 0 fully saturated rings. The van der Waals surface area contributed by atoms with Crippen LogP contribution in [0.2, 0.25) is 0 Å². The highest BCUT2D eigenvalue weighted by molar-refractivity contribution is 5.66.